The minimum Gasteiger partial charge on any atom is -0.347 e. The summed E-state index contributed by atoms with van der Waals surface area (Å²) in [5.74, 6) is 0. The highest BCUT2D eigenvalue weighted by molar-refractivity contribution is 5.84. The lowest BCUT2D eigenvalue weighted by molar-refractivity contribution is 0.675. The minimum absolute atomic E-state index is 0.814. The van der Waals surface area contributed by atoms with Gasteiger partial charge in [0.2, 0.25) is 0 Å². The van der Waals surface area contributed by atoms with Crippen molar-refractivity contribution in [3.63, 3.8) is 0 Å². The predicted octanol–water partition coefficient (Wildman–Crippen LogP) is 3.35. The molecule has 0 aliphatic heterocycles. The van der Waals surface area contributed by atoms with Gasteiger partial charge in [-0.2, -0.15) is 0 Å². The molecule has 3 rings (SSSR count). The fourth-order valence-corrected chi connectivity index (χ4v) is 2.65. The minimum atomic E-state index is 0.814. The van der Waals surface area contributed by atoms with Crippen LogP contribution in [0, 0.1) is 0 Å². The maximum Gasteiger partial charge on any atom is 0.0483 e. The van der Waals surface area contributed by atoms with E-state index in [0.717, 1.165) is 25.6 Å². The zero-order chi connectivity index (χ0) is 12.4. The molecule has 2 nitrogen and oxygen atoms in total. The van der Waals surface area contributed by atoms with Crippen LogP contribution in [0.15, 0.2) is 30.5 Å². The third-order valence-corrected chi connectivity index (χ3v) is 3.74. The van der Waals surface area contributed by atoms with Gasteiger partial charge in [0.1, 0.15) is 0 Å². The zero-order valence-electron chi connectivity index (χ0n) is 11.2. The van der Waals surface area contributed by atoms with Gasteiger partial charge in [-0.3, -0.25) is 0 Å². The number of nitrogens with one attached hydrogen (secondary N) is 1. The highest BCUT2D eigenvalue weighted by atomic mass is 15.0. The molecular formula is C16H22N2. The van der Waals surface area contributed by atoms with Crippen LogP contribution < -0.4 is 5.32 Å². The van der Waals surface area contributed by atoms with Crippen molar-refractivity contribution in [3.05, 3.63) is 36.0 Å². The van der Waals surface area contributed by atoms with Gasteiger partial charge < -0.3 is 9.88 Å². The lowest BCUT2D eigenvalue weighted by Crippen LogP contribution is -2.19. The van der Waals surface area contributed by atoms with E-state index in [0.29, 0.717) is 0 Å². The first-order chi connectivity index (χ1) is 8.88. The second-order valence-corrected chi connectivity index (χ2v) is 5.34. The highest BCUT2D eigenvalue weighted by Crippen LogP contribution is 2.23. The lowest BCUT2D eigenvalue weighted by Gasteiger charge is -2.01. The Labute approximate surface area is 109 Å². The Balaban J connectivity index is 1.80. The van der Waals surface area contributed by atoms with Gasteiger partial charge in [-0.25, -0.2) is 0 Å². The van der Waals surface area contributed by atoms with Crippen LogP contribution >= 0.6 is 0 Å². The number of nitrogens with zero attached hydrogens (tertiary/aromatic N) is 1. The van der Waals surface area contributed by atoms with Crippen LogP contribution in [0.3, 0.4) is 0 Å². The second-order valence-electron chi connectivity index (χ2n) is 5.34. The molecule has 96 valence electrons. The van der Waals surface area contributed by atoms with E-state index in [2.05, 4.69) is 47.3 Å². The average Bonchev–Trinajstić information content (AvgIpc) is 3.15. The third kappa shape index (κ3) is 2.44. The van der Waals surface area contributed by atoms with Gasteiger partial charge in [0.15, 0.2) is 0 Å². The number of fused-ring (bicyclic) bond motifs is 1. The summed E-state index contributed by atoms with van der Waals surface area (Å²) in [6, 6.07) is 9.60. The molecule has 1 N–H and O–H groups in total. The van der Waals surface area contributed by atoms with E-state index < -0.39 is 0 Å². The fourth-order valence-electron chi connectivity index (χ4n) is 2.65. The van der Waals surface area contributed by atoms with Crippen molar-refractivity contribution in [1.82, 2.24) is 9.88 Å². The van der Waals surface area contributed by atoms with Crippen molar-refractivity contribution in [2.75, 3.05) is 6.54 Å². The van der Waals surface area contributed by atoms with E-state index in [1.807, 2.05) is 0 Å². The Bertz CT molecular complexity index is 523. The summed E-state index contributed by atoms with van der Waals surface area (Å²) < 4.78 is 2.40. The van der Waals surface area contributed by atoms with Gasteiger partial charge in [0, 0.05) is 29.7 Å². The van der Waals surface area contributed by atoms with Gasteiger partial charge in [-0.15, -0.1) is 0 Å². The highest BCUT2D eigenvalue weighted by Gasteiger charge is 2.19. The van der Waals surface area contributed by atoms with Crippen LogP contribution in [0.5, 0.6) is 0 Å². The Hall–Kier alpha value is -1.28. The molecule has 1 saturated carbocycles. The Kier molecular flexibility index (Phi) is 3.37. The average molecular weight is 242 g/mol. The van der Waals surface area contributed by atoms with Crippen molar-refractivity contribution in [2.45, 2.75) is 45.2 Å². The molecule has 2 heteroatoms. The van der Waals surface area contributed by atoms with Crippen LogP contribution in [-0.2, 0) is 13.0 Å². The Morgan fingerprint density at radius 1 is 1.28 bits per heavy atom. The van der Waals surface area contributed by atoms with Crippen LogP contribution in [0.25, 0.3) is 10.9 Å². The molecule has 1 aromatic carbocycles. The molecule has 1 aliphatic carbocycles. The van der Waals surface area contributed by atoms with Crippen molar-refractivity contribution in [2.24, 2.45) is 0 Å². The van der Waals surface area contributed by atoms with E-state index in [4.69, 9.17) is 0 Å². The number of aryl methyl sites for hydroxylation is 1. The smallest absolute Gasteiger partial charge is 0.0483 e. The molecule has 18 heavy (non-hydrogen) atoms. The topological polar surface area (TPSA) is 17.0 Å². The van der Waals surface area contributed by atoms with Crippen molar-refractivity contribution >= 4 is 10.9 Å². The van der Waals surface area contributed by atoms with Crippen LogP contribution in [0.4, 0.5) is 0 Å². The molecule has 1 fully saturated rings. The summed E-state index contributed by atoms with van der Waals surface area (Å²) >= 11 is 0. The maximum atomic E-state index is 3.60. The number of rotatable bonds is 6. The summed E-state index contributed by atoms with van der Waals surface area (Å²) in [6.45, 7) is 4.48. The Morgan fingerprint density at radius 2 is 2.11 bits per heavy atom. The van der Waals surface area contributed by atoms with Gasteiger partial charge in [-0.1, -0.05) is 25.1 Å². The quantitative estimate of drug-likeness (QED) is 0.822. The summed E-state index contributed by atoms with van der Waals surface area (Å²) in [5, 5.41) is 5.04. The van der Waals surface area contributed by atoms with E-state index in [1.54, 1.807) is 0 Å². The fraction of sp³-hybridized carbons (Fsp3) is 0.500. The summed E-state index contributed by atoms with van der Waals surface area (Å²) in [4.78, 5) is 0. The number of para-hydroxylation sites is 1. The van der Waals surface area contributed by atoms with E-state index in [9.17, 15) is 0 Å². The molecule has 1 aromatic heterocycles. The molecule has 0 bridgehead atoms. The first kappa shape index (κ1) is 11.8. The number of aromatic nitrogens is 1. The van der Waals surface area contributed by atoms with Crippen molar-refractivity contribution in [1.29, 1.82) is 0 Å². The molecule has 0 radical (unpaired) electrons. The molecule has 0 saturated heterocycles. The third-order valence-electron chi connectivity index (χ3n) is 3.74. The Morgan fingerprint density at radius 3 is 2.89 bits per heavy atom. The number of hydrogen-bond donors (Lipinski definition) is 1. The monoisotopic (exact) mass is 242 g/mol. The SMILES string of the molecule is CCCn1cc(CCNC2CC2)c2ccccc21. The van der Waals surface area contributed by atoms with Crippen LogP contribution in [-0.4, -0.2) is 17.2 Å². The van der Waals surface area contributed by atoms with E-state index in [1.165, 1.54) is 35.7 Å². The maximum absolute atomic E-state index is 3.60. The summed E-state index contributed by atoms with van der Waals surface area (Å²) in [6.07, 6.45) is 7.43. The molecule has 0 spiro atoms. The van der Waals surface area contributed by atoms with Crippen molar-refractivity contribution < 1.29 is 0 Å². The summed E-state index contributed by atoms with van der Waals surface area (Å²) in [5.41, 5.74) is 2.88. The van der Waals surface area contributed by atoms with E-state index >= 15 is 0 Å². The van der Waals surface area contributed by atoms with Crippen LogP contribution in [0.2, 0.25) is 0 Å². The zero-order valence-corrected chi connectivity index (χ0v) is 11.2. The molecule has 2 aromatic rings. The second kappa shape index (κ2) is 5.15. The predicted molar refractivity (Wildman–Crippen MR) is 77.0 cm³/mol. The lowest BCUT2D eigenvalue weighted by atomic mass is 10.1. The largest absolute Gasteiger partial charge is 0.347 e. The van der Waals surface area contributed by atoms with Crippen molar-refractivity contribution in [3.8, 4) is 0 Å². The first-order valence-electron chi connectivity index (χ1n) is 7.18. The van der Waals surface area contributed by atoms with Crippen LogP contribution in [0.1, 0.15) is 31.7 Å². The first-order valence-corrected chi connectivity index (χ1v) is 7.18. The van der Waals surface area contributed by atoms with Gasteiger partial charge >= 0.3 is 0 Å². The van der Waals surface area contributed by atoms with Gasteiger partial charge in [-0.05, 0) is 43.9 Å². The van der Waals surface area contributed by atoms with E-state index in [-0.39, 0.29) is 0 Å². The molecule has 1 aliphatic rings. The molecule has 1 heterocycles. The number of hydrogen-bond acceptors (Lipinski definition) is 1. The molecule has 0 amide bonds. The normalized spacial score (nSPS) is 15.4. The molecule has 0 atom stereocenters. The number of benzene rings is 1. The summed E-state index contributed by atoms with van der Waals surface area (Å²) in [7, 11) is 0. The molecular weight excluding hydrogens is 220 g/mol. The molecule has 0 unspecified atom stereocenters. The van der Waals surface area contributed by atoms with Gasteiger partial charge in [0.05, 0.1) is 0 Å². The standard InChI is InChI=1S/C16H22N2/c1-2-11-18-12-13(9-10-17-14-7-8-14)15-5-3-4-6-16(15)18/h3-6,12,14,17H,2,7-11H2,1H3. The van der Waals surface area contributed by atoms with Gasteiger partial charge in [0.25, 0.3) is 0 Å².